The molecule has 3 aromatic rings. The average Bonchev–Trinajstić information content (AvgIpc) is 3.12. The van der Waals surface area contributed by atoms with Gasteiger partial charge < -0.3 is 5.32 Å². The minimum absolute atomic E-state index is 0.166. The summed E-state index contributed by atoms with van der Waals surface area (Å²) in [4.78, 5) is 5.54. The molecular formula is C15H15BrClFN4S. The molecule has 3 heterocycles. The second-order valence-electron chi connectivity index (χ2n) is 5.11. The smallest absolute Gasteiger partial charge is 0.243 e. The van der Waals surface area contributed by atoms with Crippen LogP contribution in [0, 0.1) is 6.92 Å². The summed E-state index contributed by atoms with van der Waals surface area (Å²) >= 11 is 11.3. The van der Waals surface area contributed by atoms with Gasteiger partial charge in [-0.2, -0.15) is 4.98 Å². The number of hydrogen-bond donors (Lipinski definition) is 1. The van der Waals surface area contributed by atoms with Gasteiger partial charge in [-0.05, 0) is 69.9 Å². The lowest BCUT2D eigenvalue weighted by atomic mass is 10.1. The van der Waals surface area contributed by atoms with Crippen molar-refractivity contribution in [2.45, 2.75) is 26.3 Å². The molecular weight excluding hydrogens is 403 g/mol. The Bertz CT molecular complexity index is 819. The molecule has 0 saturated heterocycles. The quantitative estimate of drug-likeness (QED) is 0.611. The zero-order chi connectivity index (χ0) is 16.4. The highest BCUT2D eigenvalue weighted by atomic mass is 79.9. The van der Waals surface area contributed by atoms with Gasteiger partial charge in [0.05, 0.1) is 13.2 Å². The Morgan fingerprint density at radius 2 is 2.30 bits per heavy atom. The Kier molecular flexibility index (Phi) is 5.18. The molecule has 1 N–H and O–H groups in total. The van der Waals surface area contributed by atoms with Gasteiger partial charge in [0.2, 0.25) is 5.28 Å². The van der Waals surface area contributed by atoms with Gasteiger partial charge >= 0.3 is 0 Å². The van der Waals surface area contributed by atoms with Crippen LogP contribution in [0.25, 0.3) is 5.52 Å². The number of thiophene rings is 1. The third-order valence-electron chi connectivity index (χ3n) is 3.64. The number of aromatic nitrogens is 3. The summed E-state index contributed by atoms with van der Waals surface area (Å²) in [6.07, 6.45) is 1.13. The van der Waals surface area contributed by atoms with E-state index in [0.29, 0.717) is 25.2 Å². The topological polar surface area (TPSA) is 42.2 Å². The van der Waals surface area contributed by atoms with E-state index in [1.807, 2.05) is 18.4 Å². The van der Waals surface area contributed by atoms with E-state index < -0.39 is 0 Å². The number of alkyl halides is 1. The van der Waals surface area contributed by atoms with Gasteiger partial charge in [-0.1, -0.05) is 6.07 Å². The first-order valence-corrected chi connectivity index (χ1v) is 9.22. The molecule has 0 fully saturated rings. The van der Waals surface area contributed by atoms with Crippen LogP contribution < -0.4 is 5.32 Å². The first-order valence-electron chi connectivity index (χ1n) is 7.17. The molecule has 0 aliphatic heterocycles. The van der Waals surface area contributed by atoms with Crippen molar-refractivity contribution in [2.75, 3.05) is 12.0 Å². The van der Waals surface area contributed by atoms with Crippen LogP contribution in [0.2, 0.25) is 5.28 Å². The Morgan fingerprint density at radius 1 is 1.48 bits per heavy atom. The van der Waals surface area contributed by atoms with Crippen LogP contribution in [-0.4, -0.2) is 21.3 Å². The molecule has 3 aromatic heterocycles. The first-order chi connectivity index (χ1) is 11.1. The Balaban J connectivity index is 2.02. The SMILES string of the molecule is Cc1c(CCCF)c(Br)n2nc(Cl)nc(NCc3cccs3)c12. The second-order valence-corrected chi connectivity index (χ2v) is 7.23. The molecule has 0 amide bonds. The summed E-state index contributed by atoms with van der Waals surface area (Å²) in [6, 6.07) is 4.07. The van der Waals surface area contributed by atoms with Crippen LogP contribution in [0.5, 0.6) is 0 Å². The highest BCUT2D eigenvalue weighted by Gasteiger charge is 2.19. The summed E-state index contributed by atoms with van der Waals surface area (Å²) < 4.78 is 15.1. The monoisotopic (exact) mass is 416 g/mol. The van der Waals surface area contributed by atoms with Crippen molar-refractivity contribution < 1.29 is 4.39 Å². The number of fused-ring (bicyclic) bond motifs is 1. The highest BCUT2D eigenvalue weighted by molar-refractivity contribution is 9.10. The third-order valence-corrected chi connectivity index (χ3v) is 5.49. The average molecular weight is 418 g/mol. The van der Waals surface area contributed by atoms with Crippen molar-refractivity contribution >= 4 is 50.2 Å². The van der Waals surface area contributed by atoms with Gasteiger partial charge in [0.1, 0.15) is 10.1 Å². The van der Waals surface area contributed by atoms with Gasteiger partial charge in [0.25, 0.3) is 0 Å². The number of nitrogens with one attached hydrogen (secondary N) is 1. The van der Waals surface area contributed by atoms with Crippen molar-refractivity contribution in [3.63, 3.8) is 0 Å². The van der Waals surface area contributed by atoms with Crippen LogP contribution in [0.15, 0.2) is 22.1 Å². The zero-order valence-electron chi connectivity index (χ0n) is 12.4. The summed E-state index contributed by atoms with van der Waals surface area (Å²) in [5.74, 6) is 0.683. The third kappa shape index (κ3) is 3.36. The van der Waals surface area contributed by atoms with Crippen molar-refractivity contribution in [3.05, 3.63) is 43.4 Å². The molecule has 0 spiro atoms. The van der Waals surface area contributed by atoms with Crippen LogP contribution in [0.3, 0.4) is 0 Å². The van der Waals surface area contributed by atoms with Gasteiger partial charge in [0.15, 0.2) is 5.82 Å². The molecule has 0 bridgehead atoms. The number of hydrogen-bond acceptors (Lipinski definition) is 4. The van der Waals surface area contributed by atoms with Gasteiger partial charge in [0, 0.05) is 4.88 Å². The fraction of sp³-hybridized carbons (Fsp3) is 0.333. The summed E-state index contributed by atoms with van der Waals surface area (Å²) in [5, 5.41) is 9.79. The van der Waals surface area contributed by atoms with E-state index >= 15 is 0 Å². The molecule has 0 aromatic carbocycles. The molecule has 3 rings (SSSR count). The molecule has 0 aliphatic carbocycles. The number of halogens is 3. The molecule has 0 unspecified atom stereocenters. The molecule has 4 nitrogen and oxygen atoms in total. The molecule has 0 atom stereocenters. The maximum absolute atomic E-state index is 12.5. The minimum Gasteiger partial charge on any atom is -0.363 e. The standard InChI is InChI=1S/C15H15BrClFN4S/c1-9-11(5-2-6-18)13(16)22-12(9)14(20-15(17)21-22)19-8-10-4-3-7-23-10/h3-4,7H,2,5-6,8H2,1H3,(H,19,20,21). The van der Waals surface area contributed by atoms with Crippen molar-refractivity contribution in [2.24, 2.45) is 0 Å². The molecule has 0 radical (unpaired) electrons. The van der Waals surface area contributed by atoms with Crippen LogP contribution in [0.4, 0.5) is 10.2 Å². The summed E-state index contributed by atoms with van der Waals surface area (Å²) in [5.41, 5.74) is 2.95. The van der Waals surface area contributed by atoms with Crippen molar-refractivity contribution in [1.29, 1.82) is 0 Å². The van der Waals surface area contributed by atoms with E-state index in [-0.39, 0.29) is 12.0 Å². The van der Waals surface area contributed by atoms with Crippen molar-refractivity contribution in [1.82, 2.24) is 14.6 Å². The molecule has 0 saturated carbocycles. The Labute approximate surface area is 150 Å². The lowest BCUT2D eigenvalue weighted by Crippen LogP contribution is -2.05. The number of nitrogens with zero attached hydrogens (tertiary/aromatic N) is 3. The minimum atomic E-state index is -0.339. The van der Waals surface area contributed by atoms with E-state index in [2.05, 4.69) is 37.4 Å². The maximum atomic E-state index is 12.5. The fourth-order valence-electron chi connectivity index (χ4n) is 2.55. The van der Waals surface area contributed by atoms with E-state index in [1.54, 1.807) is 15.9 Å². The number of anilines is 1. The van der Waals surface area contributed by atoms with Crippen molar-refractivity contribution in [3.8, 4) is 0 Å². The van der Waals surface area contributed by atoms with E-state index in [0.717, 1.165) is 21.2 Å². The predicted octanol–water partition coefficient (Wildman–Crippen LogP) is 5.03. The lowest BCUT2D eigenvalue weighted by Gasteiger charge is -2.08. The molecule has 0 aliphatic rings. The highest BCUT2D eigenvalue weighted by Crippen LogP contribution is 2.32. The Hall–Kier alpha value is -1.18. The molecule has 8 heteroatoms. The number of rotatable bonds is 6. The van der Waals surface area contributed by atoms with Crippen LogP contribution in [-0.2, 0) is 13.0 Å². The second kappa shape index (κ2) is 7.15. The predicted molar refractivity (Wildman–Crippen MR) is 96.4 cm³/mol. The normalized spacial score (nSPS) is 11.3. The van der Waals surface area contributed by atoms with E-state index in [9.17, 15) is 4.39 Å². The first kappa shape index (κ1) is 16.7. The molecule has 23 heavy (non-hydrogen) atoms. The molecule has 122 valence electrons. The van der Waals surface area contributed by atoms with E-state index in [4.69, 9.17) is 11.6 Å². The number of aryl methyl sites for hydroxylation is 1. The van der Waals surface area contributed by atoms with Gasteiger partial charge in [-0.25, -0.2) is 4.52 Å². The summed E-state index contributed by atoms with van der Waals surface area (Å²) in [6.45, 7) is 2.33. The maximum Gasteiger partial charge on any atom is 0.243 e. The van der Waals surface area contributed by atoms with Crippen LogP contribution >= 0.6 is 38.9 Å². The van der Waals surface area contributed by atoms with Gasteiger partial charge in [-0.15, -0.1) is 16.4 Å². The van der Waals surface area contributed by atoms with Gasteiger partial charge in [-0.3, -0.25) is 4.39 Å². The fourth-order valence-corrected chi connectivity index (χ4v) is 4.10. The lowest BCUT2D eigenvalue weighted by molar-refractivity contribution is 0.472. The summed E-state index contributed by atoms with van der Waals surface area (Å²) in [7, 11) is 0. The van der Waals surface area contributed by atoms with Crippen LogP contribution in [0.1, 0.15) is 22.4 Å². The Morgan fingerprint density at radius 3 is 3.00 bits per heavy atom. The van der Waals surface area contributed by atoms with E-state index in [1.165, 1.54) is 4.88 Å². The largest absolute Gasteiger partial charge is 0.363 e. The zero-order valence-corrected chi connectivity index (χ0v) is 15.6.